The van der Waals surface area contributed by atoms with Crippen LogP contribution in [0.5, 0.6) is 5.75 Å². The van der Waals surface area contributed by atoms with Gasteiger partial charge in [-0.2, -0.15) is 4.79 Å². The van der Waals surface area contributed by atoms with Crippen LogP contribution < -0.4 is 15.5 Å². The molecule has 1 aliphatic rings. The number of ether oxygens (including phenoxy) is 1. The van der Waals surface area contributed by atoms with Gasteiger partial charge in [-0.05, 0) is 30.5 Å². The number of hydrogen-bond donors (Lipinski definition) is 2. The maximum absolute atomic E-state index is 12.1. The summed E-state index contributed by atoms with van der Waals surface area (Å²) in [4.78, 5) is 28.7. The fourth-order valence-corrected chi connectivity index (χ4v) is 2.19. The topological polar surface area (TPSA) is 111 Å². The molecule has 1 fully saturated rings. The first-order valence-corrected chi connectivity index (χ1v) is 7.70. The lowest BCUT2D eigenvalue weighted by Crippen LogP contribution is -2.26. The first kappa shape index (κ1) is 15.9. The number of nitrogens with one attached hydrogen (secondary N) is 2. The van der Waals surface area contributed by atoms with Crippen molar-refractivity contribution in [2.24, 2.45) is 0 Å². The summed E-state index contributed by atoms with van der Waals surface area (Å²) in [5.41, 5.74) is 3.23. The minimum atomic E-state index is -0.377. The molecule has 126 valence electrons. The van der Waals surface area contributed by atoms with E-state index in [-0.39, 0.29) is 30.0 Å². The van der Waals surface area contributed by atoms with Crippen molar-refractivity contribution in [2.45, 2.75) is 31.8 Å². The molecule has 0 spiro atoms. The van der Waals surface area contributed by atoms with Crippen LogP contribution in [0.3, 0.4) is 0 Å². The highest BCUT2D eigenvalue weighted by molar-refractivity contribution is 5.91. The van der Waals surface area contributed by atoms with Crippen LogP contribution in [0.25, 0.3) is 0 Å². The minimum absolute atomic E-state index is 0.0665. The van der Waals surface area contributed by atoms with E-state index in [1.807, 2.05) is 0 Å². The summed E-state index contributed by atoms with van der Waals surface area (Å²) in [7, 11) is 1.49. The molecule has 2 aromatic rings. The lowest BCUT2D eigenvalue weighted by Gasteiger charge is -2.26. The van der Waals surface area contributed by atoms with Gasteiger partial charge in [-0.3, -0.25) is 14.6 Å². The van der Waals surface area contributed by atoms with Crippen LogP contribution in [0.2, 0.25) is 0 Å². The van der Waals surface area contributed by atoms with Crippen molar-refractivity contribution < 1.29 is 14.3 Å². The summed E-state index contributed by atoms with van der Waals surface area (Å²) in [6, 6.07) is 3.54. The van der Waals surface area contributed by atoms with Crippen molar-refractivity contribution in [2.75, 3.05) is 12.5 Å². The smallest absolute Gasteiger partial charge is 0.273 e. The average molecular weight is 330 g/mol. The lowest BCUT2D eigenvalue weighted by atomic mass is 9.96. The predicted octanol–water partition coefficient (Wildman–Crippen LogP) is 0.277. The lowest BCUT2D eigenvalue weighted by molar-refractivity contribution is -0.116. The molecule has 24 heavy (non-hydrogen) atoms. The third kappa shape index (κ3) is 3.86. The molecule has 2 amide bonds. The molecule has 9 heteroatoms. The molecule has 0 atom stereocenters. The quantitative estimate of drug-likeness (QED) is 0.787. The van der Waals surface area contributed by atoms with Gasteiger partial charge in [0.25, 0.3) is 5.91 Å². The molecule has 0 saturated heterocycles. The molecule has 0 unspecified atom stereocenters. The molecule has 2 aromatic heterocycles. The second kappa shape index (κ2) is 7.07. The van der Waals surface area contributed by atoms with E-state index in [2.05, 4.69) is 26.0 Å². The molecule has 0 bridgehead atoms. The predicted molar refractivity (Wildman–Crippen MR) is 84.0 cm³/mol. The molecule has 0 aliphatic heterocycles. The Bertz CT molecular complexity index is 740. The maximum atomic E-state index is 12.1. The maximum Gasteiger partial charge on any atom is 0.273 e. The zero-order chi connectivity index (χ0) is 16.9. The number of nitrogens with zero attached hydrogens (tertiary/aromatic N) is 4. The van der Waals surface area contributed by atoms with Gasteiger partial charge in [0.1, 0.15) is 5.75 Å². The third-order valence-electron chi connectivity index (χ3n) is 3.68. The van der Waals surface area contributed by atoms with Crippen molar-refractivity contribution in [3.63, 3.8) is 0 Å². The number of carbonyl (C=O) groups excluding carboxylic acids is 2. The summed E-state index contributed by atoms with van der Waals surface area (Å²) in [5.74, 6) is 0.0230. The standard InChI is InChI=1S/C15H18N6O3/c1-16-15(23)13-9-21(20-18-13)19-14(22)8-10-7-12(5-6-17-10)24-11-3-2-4-11/h5-7,9,11H,2-4,8H2,1H3,(H,16,23)(H,19,22). The summed E-state index contributed by atoms with van der Waals surface area (Å²) >= 11 is 0. The number of rotatable bonds is 6. The van der Waals surface area contributed by atoms with Gasteiger partial charge in [-0.25, -0.2) is 5.43 Å². The highest BCUT2D eigenvalue weighted by Gasteiger charge is 2.19. The summed E-state index contributed by atoms with van der Waals surface area (Å²) < 4.78 is 5.79. The van der Waals surface area contributed by atoms with Crippen molar-refractivity contribution >= 4 is 11.8 Å². The molecule has 9 nitrogen and oxygen atoms in total. The second-order valence-electron chi connectivity index (χ2n) is 5.49. The van der Waals surface area contributed by atoms with E-state index in [1.54, 1.807) is 18.3 Å². The zero-order valence-corrected chi connectivity index (χ0v) is 13.2. The van der Waals surface area contributed by atoms with E-state index < -0.39 is 0 Å². The normalized spacial score (nSPS) is 13.9. The fraction of sp³-hybridized carbons (Fsp3) is 0.400. The summed E-state index contributed by atoms with van der Waals surface area (Å²) in [6.07, 6.45) is 6.62. The van der Waals surface area contributed by atoms with Crippen LogP contribution >= 0.6 is 0 Å². The number of aromatic nitrogens is 4. The van der Waals surface area contributed by atoms with Crippen molar-refractivity contribution in [1.29, 1.82) is 0 Å². The van der Waals surface area contributed by atoms with Crippen molar-refractivity contribution in [3.8, 4) is 5.75 Å². The van der Waals surface area contributed by atoms with Crippen LogP contribution in [0.15, 0.2) is 24.5 Å². The first-order chi connectivity index (χ1) is 11.6. The molecular weight excluding hydrogens is 312 g/mol. The van der Waals surface area contributed by atoms with E-state index in [0.29, 0.717) is 5.69 Å². The fourth-order valence-electron chi connectivity index (χ4n) is 2.19. The van der Waals surface area contributed by atoms with E-state index in [4.69, 9.17) is 4.74 Å². The Hall–Kier alpha value is -2.97. The van der Waals surface area contributed by atoms with Gasteiger partial charge in [-0.1, -0.05) is 0 Å². The number of pyridine rings is 1. The van der Waals surface area contributed by atoms with Crippen molar-refractivity contribution in [1.82, 2.24) is 25.4 Å². The molecule has 0 aromatic carbocycles. The first-order valence-electron chi connectivity index (χ1n) is 7.70. The molecule has 1 saturated carbocycles. The van der Waals surface area contributed by atoms with E-state index in [0.717, 1.165) is 23.4 Å². The molecule has 1 aliphatic carbocycles. The van der Waals surface area contributed by atoms with Crippen LogP contribution in [0.4, 0.5) is 0 Å². The van der Waals surface area contributed by atoms with Gasteiger partial charge in [-0.15, -0.1) is 5.10 Å². The van der Waals surface area contributed by atoms with Gasteiger partial charge in [0.05, 0.1) is 24.4 Å². The Kier molecular flexibility index (Phi) is 4.69. The highest BCUT2D eigenvalue weighted by Crippen LogP contribution is 2.25. The van der Waals surface area contributed by atoms with Gasteiger partial charge in [0, 0.05) is 19.3 Å². The highest BCUT2D eigenvalue weighted by atomic mass is 16.5. The van der Waals surface area contributed by atoms with E-state index in [1.165, 1.54) is 19.7 Å². The number of carbonyl (C=O) groups is 2. The Balaban J connectivity index is 1.57. The average Bonchev–Trinajstić information content (AvgIpc) is 2.99. The van der Waals surface area contributed by atoms with Gasteiger partial charge < -0.3 is 10.1 Å². The van der Waals surface area contributed by atoms with Crippen molar-refractivity contribution in [3.05, 3.63) is 35.9 Å². The second-order valence-corrected chi connectivity index (χ2v) is 5.49. The number of hydrogen-bond acceptors (Lipinski definition) is 6. The van der Waals surface area contributed by atoms with E-state index >= 15 is 0 Å². The zero-order valence-electron chi connectivity index (χ0n) is 13.2. The molecule has 2 N–H and O–H groups in total. The van der Waals surface area contributed by atoms with Crippen LogP contribution in [0.1, 0.15) is 35.4 Å². The molecule has 2 heterocycles. The molecular formula is C15H18N6O3. The Morgan fingerprint density at radius 2 is 2.25 bits per heavy atom. The van der Waals surface area contributed by atoms with Crippen LogP contribution in [-0.4, -0.2) is 45.1 Å². The van der Waals surface area contributed by atoms with Gasteiger partial charge in [0.15, 0.2) is 5.69 Å². The molecule has 0 radical (unpaired) electrons. The Morgan fingerprint density at radius 1 is 1.42 bits per heavy atom. The third-order valence-corrected chi connectivity index (χ3v) is 3.68. The van der Waals surface area contributed by atoms with E-state index in [9.17, 15) is 9.59 Å². The largest absolute Gasteiger partial charge is 0.490 e. The Morgan fingerprint density at radius 3 is 2.96 bits per heavy atom. The minimum Gasteiger partial charge on any atom is -0.490 e. The van der Waals surface area contributed by atoms with Crippen LogP contribution in [0, 0.1) is 0 Å². The monoisotopic (exact) mass is 330 g/mol. The van der Waals surface area contributed by atoms with Crippen LogP contribution in [-0.2, 0) is 11.2 Å². The number of amides is 2. The van der Waals surface area contributed by atoms with Gasteiger partial charge in [0.2, 0.25) is 5.91 Å². The SMILES string of the molecule is CNC(=O)c1cn(NC(=O)Cc2cc(OC3CCC3)ccn2)nn1. The molecule has 3 rings (SSSR count). The summed E-state index contributed by atoms with van der Waals surface area (Å²) in [6.45, 7) is 0. The summed E-state index contributed by atoms with van der Waals surface area (Å²) in [5, 5.41) is 9.76. The Labute approximate surface area is 138 Å². The van der Waals surface area contributed by atoms with Gasteiger partial charge >= 0.3 is 0 Å².